The van der Waals surface area contributed by atoms with Crippen LogP contribution < -0.4 is 10.2 Å². The number of pyridine rings is 1. The predicted octanol–water partition coefficient (Wildman–Crippen LogP) is 1.85. The van der Waals surface area contributed by atoms with Gasteiger partial charge in [-0.3, -0.25) is 19.5 Å². The Bertz CT molecular complexity index is 1080. The number of carbonyl (C=O) groups excluding carboxylic acids is 2. The van der Waals surface area contributed by atoms with Gasteiger partial charge in [0.05, 0.1) is 4.90 Å². The van der Waals surface area contributed by atoms with Gasteiger partial charge in [0.2, 0.25) is 21.8 Å². The van der Waals surface area contributed by atoms with Crippen molar-refractivity contribution in [2.45, 2.75) is 50.1 Å². The Balaban J connectivity index is 1.55. The molecule has 31 heavy (non-hydrogen) atoms. The number of rotatable bonds is 5. The predicted molar refractivity (Wildman–Crippen MR) is 116 cm³/mol. The number of nitrogens with one attached hydrogen (secondary N) is 1. The molecule has 1 fully saturated rings. The van der Waals surface area contributed by atoms with Gasteiger partial charge >= 0.3 is 0 Å². The van der Waals surface area contributed by atoms with Gasteiger partial charge in [-0.15, -0.1) is 0 Å². The van der Waals surface area contributed by atoms with Gasteiger partial charge in [-0.1, -0.05) is 12.5 Å². The molecule has 1 aromatic carbocycles. The van der Waals surface area contributed by atoms with E-state index in [9.17, 15) is 18.0 Å². The Morgan fingerprint density at radius 3 is 2.61 bits per heavy atom. The van der Waals surface area contributed by atoms with Crippen LogP contribution >= 0.6 is 0 Å². The molecule has 9 heteroatoms. The molecule has 164 valence electrons. The molecule has 0 unspecified atom stereocenters. The summed E-state index contributed by atoms with van der Waals surface area (Å²) in [6.45, 7) is 2.77. The number of aromatic nitrogens is 1. The molecule has 0 saturated carbocycles. The highest BCUT2D eigenvalue weighted by molar-refractivity contribution is 7.89. The van der Waals surface area contributed by atoms with Gasteiger partial charge in [-0.25, -0.2) is 8.42 Å². The van der Waals surface area contributed by atoms with Crippen molar-refractivity contribution in [3.63, 3.8) is 0 Å². The van der Waals surface area contributed by atoms with E-state index in [2.05, 4.69) is 10.3 Å². The number of amides is 2. The van der Waals surface area contributed by atoms with Gasteiger partial charge in [0.1, 0.15) is 6.04 Å². The second-order valence-electron chi connectivity index (χ2n) is 7.94. The minimum Gasteiger partial charge on any atom is -0.350 e. The maximum Gasteiger partial charge on any atom is 0.243 e. The van der Waals surface area contributed by atoms with E-state index in [0.717, 1.165) is 24.8 Å². The summed E-state index contributed by atoms with van der Waals surface area (Å²) in [5, 5.41) is 2.86. The molecule has 1 saturated heterocycles. The number of piperidine rings is 1. The Labute approximate surface area is 182 Å². The number of fused-ring (bicyclic) bond motifs is 1. The molecule has 2 aliphatic rings. The van der Waals surface area contributed by atoms with Crippen molar-refractivity contribution in [3.05, 3.63) is 53.9 Å². The molecule has 1 atom stereocenters. The molecule has 0 bridgehead atoms. The summed E-state index contributed by atoms with van der Waals surface area (Å²) in [5.41, 5.74) is 2.14. The Morgan fingerprint density at radius 1 is 1.16 bits per heavy atom. The van der Waals surface area contributed by atoms with Crippen LogP contribution in [0.25, 0.3) is 0 Å². The zero-order valence-corrected chi connectivity index (χ0v) is 18.3. The standard InChI is InChI=1S/C22H26N4O4S/c1-16(27)26-20-8-7-19(31(29,30)25-10-3-2-4-11-25)12-18(20)13-21(26)22(28)24-15-17-6-5-9-23-14-17/h5-9,12,14,21H,2-4,10-11,13,15H2,1H3,(H,24,28)/t21-/m1/s1. The summed E-state index contributed by atoms with van der Waals surface area (Å²) in [5.74, 6) is -0.539. The van der Waals surface area contributed by atoms with Crippen molar-refractivity contribution in [2.75, 3.05) is 18.0 Å². The van der Waals surface area contributed by atoms with Gasteiger partial charge in [0, 0.05) is 51.1 Å². The first-order valence-electron chi connectivity index (χ1n) is 10.5. The molecule has 0 spiro atoms. The lowest BCUT2D eigenvalue weighted by Gasteiger charge is -2.26. The fourth-order valence-electron chi connectivity index (χ4n) is 4.25. The smallest absolute Gasteiger partial charge is 0.243 e. The third-order valence-electron chi connectivity index (χ3n) is 5.82. The SMILES string of the molecule is CC(=O)N1c2ccc(S(=O)(=O)N3CCCCC3)cc2C[C@@H]1C(=O)NCc1cccnc1. The molecular weight excluding hydrogens is 416 g/mol. The Morgan fingerprint density at radius 2 is 1.94 bits per heavy atom. The fraction of sp³-hybridized carbons (Fsp3) is 0.409. The zero-order chi connectivity index (χ0) is 22.0. The van der Waals surface area contributed by atoms with Crippen molar-refractivity contribution in [1.82, 2.24) is 14.6 Å². The third-order valence-corrected chi connectivity index (χ3v) is 7.71. The summed E-state index contributed by atoms with van der Waals surface area (Å²) in [6.07, 6.45) is 6.37. The molecule has 1 N–H and O–H groups in total. The highest BCUT2D eigenvalue weighted by Crippen LogP contribution is 2.35. The van der Waals surface area contributed by atoms with Crippen molar-refractivity contribution >= 4 is 27.5 Å². The largest absolute Gasteiger partial charge is 0.350 e. The number of hydrogen-bond acceptors (Lipinski definition) is 5. The minimum atomic E-state index is -3.58. The lowest BCUT2D eigenvalue weighted by atomic mass is 10.1. The number of sulfonamides is 1. The summed E-state index contributed by atoms with van der Waals surface area (Å²) in [7, 11) is -3.58. The van der Waals surface area contributed by atoms with Crippen molar-refractivity contribution in [1.29, 1.82) is 0 Å². The maximum absolute atomic E-state index is 13.0. The van der Waals surface area contributed by atoms with Crippen LogP contribution in [0.1, 0.15) is 37.3 Å². The molecule has 3 heterocycles. The summed E-state index contributed by atoms with van der Waals surface area (Å²) >= 11 is 0. The molecule has 2 amide bonds. The highest BCUT2D eigenvalue weighted by Gasteiger charge is 2.38. The van der Waals surface area contributed by atoms with Crippen LogP contribution in [0, 0.1) is 0 Å². The monoisotopic (exact) mass is 442 g/mol. The first kappa shape index (κ1) is 21.5. The first-order chi connectivity index (χ1) is 14.9. The Kier molecular flexibility index (Phi) is 6.06. The van der Waals surface area contributed by atoms with Gasteiger partial charge in [-0.2, -0.15) is 4.31 Å². The average Bonchev–Trinajstić information content (AvgIpc) is 3.18. The normalized spacial score (nSPS) is 19.1. The van der Waals surface area contributed by atoms with Crippen LogP contribution in [0.5, 0.6) is 0 Å². The van der Waals surface area contributed by atoms with Gasteiger partial charge in [0.25, 0.3) is 0 Å². The van der Waals surface area contributed by atoms with E-state index >= 15 is 0 Å². The first-order valence-corrected chi connectivity index (χ1v) is 11.9. The lowest BCUT2D eigenvalue weighted by molar-refractivity contribution is -0.125. The number of nitrogens with zero attached hydrogens (tertiary/aromatic N) is 3. The van der Waals surface area contributed by atoms with Crippen LogP contribution in [0.2, 0.25) is 0 Å². The molecule has 0 aliphatic carbocycles. The van der Waals surface area contributed by atoms with E-state index in [1.165, 1.54) is 22.2 Å². The average molecular weight is 443 g/mol. The van der Waals surface area contributed by atoms with Crippen molar-refractivity contribution in [3.8, 4) is 0 Å². The second-order valence-corrected chi connectivity index (χ2v) is 9.88. The van der Waals surface area contributed by atoms with Crippen LogP contribution in [-0.2, 0) is 32.6 Å². The van der Waals surface area contributed by atoms with E-state index in [4.69, 9.17) is 0 Å². The van der Waals surface area contributed by atoms with Gasteiger partial charge in [0.15, 0.2) is 0 Å². The topological polar surface area (TPSA) is 99.7 Å². The molecule has 2 aliphatic heterocycles. The quantitative estimate of drug-likeness (QED) is 0.762. The number of hydrogen-bond donors (Lipinski definition) is 1. The molecule has 8 nitrogen and oxygen atoms in total. The van der Waals surface area contributed by atoms with Gasteiger partial charge in [-0.05, 0) is 48.2 Å². The molecule has 4 rings (SSSR count). The van der Waals surface area contributed by atoms with Crippen LogP contribution in [-0.4, -0.2) is 48.7 Å². The van der Waals surface area contributed by atoms with Gasteiger partial charge < -0.3 is 5.32 Å². The zero-order valence-electron chi connectivity index (χ0n) is 17.5. The minimum absolute atomic E-state index is 0.216. The molecule has 2 aromatic rings. The number of anilines is 1. The van der Waals surface area contributed by atoms with E-state index < -0.39 is 16.1 Å². The van der Waals surface area contributed by atoms with E-state index in [1.807, 2.05) is 6.07 Å². The third kappa shape index (κ3) is 4.33. The number of benzene rings is 1. The Hall–Kier alpha value is -2.78. The summed E-state index contributed by atoms with van der Waals surface area (Å²) < 4.78 is 27.6. The molecule has 1 aromatic heterocycles. The van der Waals surface area contributed by atoms with Crippen molar-refractivity contribution < 1.29 is 18.0 Å². The lowest BCUT2D eigenvalue weighted by Crippen LogP contribution is -2.47. The van der Waals surface area contributed by atoms with Crippen LogP contribution in [0.3, 0.4) is 0 Å². The highest BCUT2D eigenvalue weighted by atomic mass is 32.2. The molecule has 0 radical (unpaired) electrons. The van der Waals surface area contributed by atoms with E-state index in [0.29, 0.717) is 30.9 Å². The van der Waals surface area contributed by atoms with E-state index in [-0.39, 0.29) is 23.1 Å². The maximum atomic E-state index is 13.0. The van der Waals surface area contributed by atoms with Crippen LogP contribution in [0.15, 0.2) is 47.6 Å². The molecular formula is C22H26N4O4S. The number of carbonyl (C=O) groups is 2. The summed E-state index contributed by atoms with van der Waals surface area (Å²) in [4.78, 5) is 30.9. The fourth-order valence-corrected chi connectivity index (χ4v) is 5.82. The summed E-state index contributed by atoms with van der Waals surface area (Å²) in [6, 6.07) is 7.73. The van der Waals surface area contributed by atoms with Crippen LogP contribution in [0.4, 0.5) is 5.69 Å². The second kappa shape index (κ2) is 8.76. The van der Waals surface area contributed by atoms with E-state index in [1.54, 1.807) is 30.6 Å². The van der Waals surface area contributed by atoms with Crippen molar-refractivity contribution in [2.24, 2.45) is 0 Å².